The highest BCUT2D eigenvalue weighted by atomic mass is 16.6. The number of hydrogen-bond donors (Lipinski definition) is 1. The fraction of sp³-hybridized carbons (Fsp3) is 0.462. The first-order chi connectivity index (χ1) is 8.69. The maximum absolute atomic E-state index is 11.9. The number of phenolic OH excluding ortho intramolecular Hbond substituents is 1. The molecule has 0 aliphatic carbocycles. The molecule has 3 rings (SSSR count). The molecule has 96 valence electrons. The van der Waals surface area contributed by atoms with Crippen molar-refractivity contribution < 1.29 is 19.4 Å². The van der Waals surface area contributed by atoms with E-state index in [9.17, 15) is 9.90 Å². The number of nitrogens with zero attached hydrogens (tertiary/aromatic N) is 1. The number of carbonyl (C=O) groups is 1. The first-order valence-corrected chi connectivity index (χ1v) is 6.06. The van der Waals surface area contributed by atoms with Crippen LogP contribution in [-0.2, 0) is 9.47 Å². The van der Waals surface area contributed by atoms with Gasteiger partial charge in [-0.05, 0) is 12.1 Å². The van der Waals surface area contributed by atoms with E-state index < -0.39 is 5.60 Å². The summed E-state index contributed by atoms with van der Waals surface area (Å²) in [5, 5.41) is 9.46. The van der Waals surface area contributed by atoms with Crippen molar-refractivity contribution in [1.82, 2.24) is 0 Å². The Morgan fingerprint density at radius 1 is 1.28 bits per heavy atom. The Hall–Kier alpha value is -1.75. The minimum atomic E-state index is -0.416. The Labute approximate surface area is 105 Å². The highest BCUT2D eigenvalue weighted by Gasteiger charge is 2.46. The molecule has 5 nitrogen and oxygen atoms in total. The van der Waals surface area contributed by atoms with E-state index in [0.717, 1.165) is 12.8 Å². The summed E-state index contributed by atoms with van der Waals surface area (Å²) in [4.78, 5) is 13.5. The van der Waals surface area contributed by atoms with Gasteiger partial charge in [0.15, 0.2) is 0 Å². The summed E-state index contributed by atoms with van der Waals surface area (Å²) in [5.74, 6) is 0.147. The molecule has 0 saturated carbocycles. The zero-order valence-electron chi connectivity index (χ0n) is 9.96. The molecule has 1 amide bonds. The third kappa shape index (κ3) is 1.90. The molecule has 2 saturated heterocycles. The number of benzene rings is 1. The van der Waals surface area contributed by atoms with Gasteiger partial charge in [0.1, 0.15) is 11.4 Å². The predicted octanol–water partition coefficient (Wildman–Crippen LogP) is 1.90. The second-order valence-electron chi connectivity index (χ2n) is 4.77. The van der Waals surface area contributed by atoms with Gasteiger partial charge in [-0.1, -0.05) is 6.07 Å². The molecule has 2 fully saturated rings. The Balaban J connectivity index is 1.84. The SMILES string of the molecule is O=C1OC2(CCOCC2)CN1c1cccc(O)c1. The van der Waals surface area contributed by atoms with Crippen LogP contribution in [0.25, 0.3) is 0 Å². The van der Waals surface area contributed by atoms with Crippen LogP contribution in [0, 0.1) is 0 Å². The lowest BCUT2D eigenvalue weighted by atomic mass is 9.94. The number of hydrogen-bond acceptors (Lipinski definition) is 4. The lowest BCUT2D eigenvalue weighted by Gasteiger charge is -2.30. The Morgan fingerprint density at radius 2 is 2.06 bits per heavy atom. The summed E-state index contributed by atoms with van der Waals surface area (Å²) in [7, 11) is 0. The number of rotatable bonds is 1. The normalized spacial score (nSPS) is 22.2. The summed E-state index contributed by atoms with van der Waals surface area (Å²) in [5.41, 5.74) is 0.254. The van der Waals surface area contributed by atoms with Crippen LogP contribution in [0.15, 0.2) is 24.3 Å². The van der Waals surface area contributed by atoms with Gasteiger partial charge in [-0.2, -0.15) is 0 Å². The van der Waals surface area contributed by atoms with Crippen LogP contribution < -0.4 is 4.90 Å². The van der Waals surface area contributed by atoms with Crippen LogP contribution >= 0.6 is 0 Å². The number of aromatic hydroxyl groups is 1. The topological polar surface area (TPSA) is 59.0 Å². The van der Waals surface area contributed by atoms with Crippen molar-refractivity contribution in [3.63, 3.8) is 0 Å². The highest BCUT2D eigenvalue weighted by Crippen LogP contribution is 2.35. The molecule has 1 N–H and O–H groups in total. The molecule has 18 heavy (non-hydrogen) atoms. The minimum Gasteiger partial charge on any atom is -0.508 e. The molecular formula is C13H15NO4. The molecule has 0 atom stereocenters. The second kappa shape index (κ2) is 4.17. The van der Waals surface area contributed by atoms with E-state index >= 15 is 0 Å². The van der Waals surface area contributed by atoms with Gasteiger partial charge in [-0.25, -0.2) is 4.79 Å². The summed E-state index contributed by atoms with van der Waals surface area (Å²) in [6.07, 6.45) is 1.12. The van der Waals surface area contributed by atoms with Gasteiger partial charge in [-0.3, -0.25) is 4.90 Å². The van der Waals surface area contributed by atoms with Gasteiger partial charge < -0.3 is 14.6 Å². The number of phenols is 1. The van der Waals surface area contributed by atoms with Crippen molar-refractivity contribution in [2.75, 3.05) is 24.7 Å². The molecule has 1 spiro atoms. The molecule has 5 heteroatoms. The largest absolute Gasteiger partial charge is 0.508 e. The molecule has 1 aromatic carbocycles. The number of carbonyl (C=O) groups excluding carboxylic acids is 1. The first kappa shape index (κ1) is 11.3. The van der Waals surface area contributed by atoms with Gasteiger partial charge in [0.05, 0.1) is 25.4 Å². The maximum Gasteiger partial charge on any atom is 0.415 e. The van der Waals surface area contributed by atoms with Crippen LogP contribution in [0.1, 0.15) is 12.8 Å². The van der Waals surface area contributed by atoms with Crippen molar-refractivity contribution in [3.8, 4) is 5.75 Å². The second-order valence-corrected chi connectivity index (χ2v) is 4.77. The first-order valence-electron chi connectivity index (χ1n) is 6.06. The molecular weight excluding hydrogens is 234 g/mol. The van der Waals surface area contributed by atoms with Crippen molar-refractivity contribution in [3.05, 3.63) is 24.3 Å². The molecule has 0 aromatic heterocycles. The van der Waals surface area contributed by atoms with E-state index in [1.807, 2.05) is 0 Å². The molecule has 2 heterocycles. The quantitative estimate of drug-likeness (QED) is 0.825. The number of ether oxygens (including phenoxy) is 2. The van der Waals surface area contributed by atoms with E-state index in [1.54, 1.807) is 29.2 Å². The lowest BCUT2D eigenvalue weighted by Crippen LogP contribution is -2.40. The number of anilines is 1. The van der Waals surface area contributed by atoms with Gasteiger partial charge in [0.25, 0.3) is 0 Å². The van der Waals surface area contributed by atoms with Gasteiger partial charge in [0, 0.05) is 18.9 Å². The monoisotopic (exact) mass is 249 g/mol. The van der Waals surface area contributed by atoms with Crippen LogP contribution in [0.2, 0.25) is 0 Å². The van der Waals surface area contributed by atoms with Crippen molar-refractivity contribution >= 4 is 11.8 Å². The standard InChI is InChI=1S/C13H15NO4/c15-11-3-1-2-10(8-11)14-9-13(18-12(14)16)4-6-17-7-5-13/h1-3,8,15H,4-7,9H2. The van der Waals surface area contributed by atoms with E-state index in [0.29, 0.717) is 25.4 Å². The maximum atomic E-state index is 11.9. The van der Waals surface area contributed by atoms with Crippen molar-refractivity contribution in [2.24, 2.45) is 0 Å². The van der Waals surface area contributed by atoms with Crippen LogP contribution in [-0.4, -0.2) is 36.6 Å². The van der Waals surface area contributed by atoms with E-state index in [2.05, 4.69) is 0 Å². The average Bonchev–Trinajstić information content (AvgIpc) is 2.67. The summed E-state index contributed by atoms with van der Waals surface area (Å²) < 4.78 is 10.8. The Bertz CT molecular complexity index is 468. The fourth-order valence-electron chi connectivity index (χ4n) is 2.49. The van der Waals surface area contributed by atoms with E-state index in [1.165, 1.54) is 0 Å². The minimum absolute atomic E-state index is 0.147. The smallest absolute Gasteiger partial charge is 0.415 e. The van der Waals surface area contributed by atoms with Gasteiger partial charge in [0.2, 0.25) is 0 Å². The third-order valence-corrected chi connectivity index (χ3v) is 3.52. The van der Waals surface area contributed by atoms with Crippen molar-refractivity contribution in [1.29, 1.82) is 0 Å². The molecule has 2 aliphatic heterocycles. The zero-order valence-corrected chi connectivity index (χ0v) is 9.96. The summed E-state index contributed by atoms with van der Waals surface area (Å²) >= 11 is 0. The zero-order chi connectivity index (χ0) is 12.6. The highest BCUT2D eigenvalue weighted by molar-refractivity contribution is 5.90. The van der Waals surface area contributed by atoms with Crippen LogP contribution in [0.5, 0.6) is 5.75 Å². The summed E-state index contributed by atoms with van der Waals surface area (Å²) in [6, 6.07) is 6.65. The average molecular weight is 249 g/mol. The summed E-state index contributed by atoms with van der Waals surface area (Å²) in [6.45, 7) is 1.78. The predicted molar refractivity (Wildman–Crippen MR) is 64.7 cm³/mol. The lowest BCUT2D eigenvalue weighted by molar-refractivity contribution is -0.0431. The van der Waals surface area contributed by atoms with E-state index in [4.69, 9.17) is 9.47 Å². The van der Waals surface area contributed by atoms with Gasteiger partial charge in [-0.15, -0.1) is 0 Å². The molecule has 2 aliphatic rings. The van der Waals surface area contributed by atoms with Crippen LogP contribution in [0.3, 0.4) is 0 Å². The Morgan fingerprint density at radius 3 is 2.78 bits per heavy atom. The molecule has 0 unspecified atom stereocenters. The van der Waals surface area contributed by atoms with E-state index in [-0.39, 0.29) is 11.8 Å². The fourth-order valence-corrected chi connectivity index (χ4v) is 2.49. The Kier molecular flexibility index (Phi) is 2.63. The van der Waals surface area contributed by atoms with Gasteiger partial charge >= 0.3 is 6.09 Å². The van der Waals surface area contributed by atoms with Crippen LogP contribution in [0.4, 0.5) is 10.5 Å². The number of amides is 1. The molecule has 0 bridgehead atoms. The third-order valence-electron chi connectivity index (χ3n) is 3.52. The molecule has 0 radical (unpaired) electrons. The van der Waals surface area contributed by atoms with Crippen molar-refractivity contribution in [2.45, 2.75) is 18.4 Å². The molecule has 1 aromatic rings.